The zero-order valence-electron chi connectivity index (χ0n) is 17.3. The van der Waals surface area contributed by atoms with Crippen LogP contribution in [0.5, 0.6) is 5.75 Å². The highest BCUT2D eigenvalue weighted by molar-refractivity contribution is 14.1. The van der Waals surface area contributed by atoms with Crippen molar-refractivity contribution in [3.8, 4) is 5.75 Å². The standard InChI is InChI=1S/C19H19FIN7O3S/c1-18(8-32(29,30)19(2,21)17(22)28-18)11-5-14(23-7-12(11)20)27-16-15-13(25-9-26-16)4-10(31-3)6-24-15/h4-7,9H,8H2,1-3H3,(H2,22,28)(H,23,25,26,27)/t18-,19+/m0/s1. The lowest BCUT2D eigenvalue weighted by atomic mass is 9.94. The van der Waals surface area contributed by atoms with Gasteiger partial charge in [-0.25, -0.2) is 32.7 Å². The summed E-state index contributed by atoms with van der Waals surface area (Å²) in [7, 11) is -2.19. The minimum atomic E-state index is -3.71. The number of aromatic nitrogens is 4. The van der Waals surface area contributed by atoms with Crippen molar-refractivity contribution in [1.29, 1.82) is 0 Å². The van der Waals surface area contributed by atoms with Gasteiger partial charge in [0, 0.05) is 11.6 Å². The third-order valence-corrected chi connectivity index (χ3v) is 10.1. The first-order valence-corrected chi connectivity index (χ1v) is 12.0. The normalized spacial score (nSPS) is 24.7. The van der Waals surface area contributed by atoms with Crippen molar-refractivity contribution < 1.29 is 17.5 Å². The highest BCUT2D eigenvalue weighted by Gasteiger charge is 2.50. The van der Waals surface area contributed by atoms with E-state index >= 15 is 0 Å². The number of rotatable bonds is 4. The number of pyridine rings is 2. The summed E-state index contributed by atoms with van der Waals surface area (Å²) < 4.78 is 44.3. The first kappa shape index (κ1) is 22.5. The van der Waals surface area contributed by atoms with Gasteiger partial charge in [0.15, 0.2) is 18.4 Å². The van der Waals surface area contributed by atoms with Crippen molar-refractivity contribution in [1.82, 2.24) is 19.9 Å². The van der Waals surface area contributed by atoms with Crippen LogP contribution in [0.15, 0.2) is 35.8 Å². The number of hydrogen-bond acceptors (Lipinski definition) is 10. The summed E-state index contributed by atoms with van der Waals surface area (Å²) >= 11 is 1.75. The van der Waals surface area contributed by atoms with Crippen molar-refractivity contribution in [2.45, 2.75) is 22.1 Å². The molecule has 13 heteroatoms. The molecule has 0 aromatic carbocycles. The third kappa shape index (κ3) is 3.72. The molecule has 0 fully saturated rings. The molecule has 3 aromatic rings. The molecule has 2 atom stereocenters. The van der Waals surface area contributed by atoms with Gasteiger partial charge in [-0.2, -0.15) is 0 Å². The lowest BCUT2D eigenvalue weighted by molar-refractivity contribution is 0.413. The number of alkyl halides is 1. The smallest absolute Gasteiger partial charge is 0.177 e. The number of anilines is 2. The van der Waals surface area contributed by atoms with Crippen LogP contribution in [0.4, 0.5) is 16.0 Å². The second kappa shape index (κ2) is 7.72. The number of hydrogen-bond donors (Lipinski definition) is 2. The molecule has 4 heterocycles. The lowest BCUT2D eigenvalue weighted by Crippen LogP contribution is -2.53. The molecule has 3 N–H and O–H groups in total. The highest BCUT2D eigenvalue weighted by atomic mass is 127. The summed E-state index contributed by atoms with van der Waals surface area (Å²) in [5.41, 5.74) is 5.59. The Morgan fingerprint density at radius 3 is 2.62 bits per heavy atom. The van der Waals surface area contributed by atoms with Crippen LogP contribution < -0.4 is 15.8 Å². The first-order chi connectivity index (χ1) is 15.0. The Hall–Kier alpha value is -2.68. The van der Waals surface area contributed by atoms with Gasteiger partial charge >= 0.3 is 0 Å². The van der Waals surface area contributed by atoms with E-state index < -0.39 is 29.7 Å². The van der Waals surface area contributed by atoms with E-state index in [9.17, 15) is 12.8 Å². The van der Waals surface area contributed by atoms with Crippen molar-refractivity contribution in [3.05, 3.63) is 42.2 Å². The number of nitrogens with zero attached hydrogens (tertiary/aromatic N) is 5. The second-order valence-corrected chi connectivity index (χ2v) is 12.8. The molecule has 0 aliphatic carbocycles. The lowest BCUT2D eigenvalue weighted by Gasteiger charge is -2.36. The Morgan fingerprint density at radius 1 is 1.19 bits per heavy atom. The van der Waals surface area contributed by atoms with Crippen LogP contribution in [0.25, 0.3) is 11.0 Å². The van der Waals surface area contributed by atoms with Crippen molar-refractivity contribution >= 4 is 60.9 Å². The van der Waals surface area contributed by atoms with Gasteiger partial charge in [-0.15, -0.1) is 0 Å². The maximum Gasteiger partial charge on any atom is 0.177 e. The van der Waals surface area contributed by atoms with Gasteiger partial charge in [-0.05, 0) is 19.9 Å². The first-order valence-electron chi connectivity index (χ1n) is 9.32. The number of nitrogens with one attached hydrogen (secondary N) is 1. The van der Waals surface area contributed by atoms with E-state index in [0.29, 0.717) is 22.6 Å². The molecule has 168 valence electrons. The number of aliphatic imine (C=N–C) groups is 1. The van der Waals surface area contributed by atoms with Crippen LogP contribution in [0, 0.1) is 5.82 Å². The van der Waals surface area contributed by atoms with E-state index in [2.05, 4.69) is 30.2 Å². The average molecular weight is 571 g/mol. The van der Waals surface area contributed by atoms with Crippen LogP contribution in [0.2, 0.25) is 0 Å². The largest absolute Gasteiger partial charge is 0.495 e. The number of ether oxygens (including phenoxy) is 1. The van der Waals surface area contributed by atoms with Crippen molar-refractivity contribution in [3.63, 3.8) is 0 Å². The van der Waals surface area contributed by atoms with Crippen molar-refractivity contribution in [2.75, 3.05) is 18.2 Å². The van der Waals surface area contributed by atoms with Gasteiger partial charge in [-0.1, -0.05) is 22.6 Å². The van der Waals surface area contributed by atoms with Gasteiger partial charge in [0.25, 0.3) is 0 Å². The summed E-state index contributed by atoms with van der Waals surface area (Å²) in [5.74, 6) is -0.0809. The third-order valence-electron chi connectivity index (χ3n) is 5.25. The number of sulfone groups is 1. The fourth-order valence-corrected chi connectivity index (χ4v) is 5.55. The quantitative estimate of drug-likeness (QED) is 0.356. The van der Waals surface area contributed by atoms with Crippen LogP contribution >= 0.6 is 22.6 Å². The minimum Gasteiger partial charge on any atom is -0.495 e. The number of nitrogens with two attached hydrogens (primary N) is 1. The molecule has 0 radical (unpaired) electrons. The molecule has 0 amide bonds. The van der Waals surface area contributed by atoms with Crippen LogP contribution in [-0.2, 0) is 15.4 Å². The van der Waals surface area contributed by atoms with Crippen molar-refractivity contribution in [2.24, 2.45) is 10.7 Å². The van der Waals surface area contributed by atoms with E-state index in [1.807, 2.05) is 0 Å². The Balaban J connectivity index is 1.77. The molecule has 10 nitrogen and oxygen atoms in total. The van der Waals surface area contributed by atoms with Crippen LogP contribution in [-0.4, -0.2) is 49.8 Å². The molecule has 1 aliphatic rings. The van der Waals surface area contributed by atoms with Gasteiger partial charge in [0.1, 0.15) is 40.6 Å². The molecular weight excluding hydrogens is 552 g/mol. The van der Waals surface area contributed by atoms with E-state index in [1.54, 1.807) is 28.7 Å². The SMILES string of the molecule is COc1cnc2c(Nc3cc([C@]4(C)CS(=O)(=O)[C@@](C)(I)C(N)=N4)c(F)cn3)ncnc2c1. The summed E-state index contributed by atoms with van der Waals surface area (Å²) in [6.45, 7) is 3.00. The Bertz CT molecular complexity index is 1370. The van der Waals surface area contributed by atoms with Gasteiger partial charge in [-0.3, -0.25) is 4.99 Å². The Kier molecular flexibility index (Phi) is 5.43. The van der Waals surface area contributed by atoms with Gasteiger partial charge in [0.2, 0.25) is 0 Å². The molecule has 0 saturated carbocycles. The summed E-state index contributed by atoms with van der Waals surface area (Å²) in [5, 5.41) is 2.99. The highest BCUT2D eigenvalue weighted by Crippen LogP contribution is 2.41. The van der Waals surface area contributed by atoms with Gasteiger partial charge < -0.3 is 15.8 Å². The topological polar surface area (TPSA) is 145 Å². The molecule has 32 heavy (non-hydrogen) atoms. The summed E-state index contributed by atoms with van der Waals surface area (Å²) in [6, 6.07) is 3.10. The number of fused-ring (bicyclic) bond motifs is 1. The van der Waals surface area contributed by atoms with Crippen LogP contribution in [0.1, 0.15) is 19.4 Å². The minimum absolute atomic E-state index is 0.0430. The molecule has 0 spiro atoms. The predicted octanol–water partition coefficient (Wildman–Crippen LogP) is 2.46. The summed E-state index contributed by atoms with van der Waals surface area (Å²) in [6.07, 6.45) is 3.86. The van der Waals surface area contributed by atoms with E-state index in [0.717, 1.165) is 6.20 Å². The summed E-state index contributed by atoms with van der Waals surface area (Å²) in [4.78, 5) is 21.1. The molecule has 4 rings (SSSR count). The predicted molar refractivity (Wildman–Crippen MR) is 127 cm³/mol. The molecule has 0 bridgehead atoms. The molecule has 1 aliphatic heterocycles. The fraction of sp³-hybridized carbons (Fsp3) is 0.316. The van der Waals surface area contributed by atoms with E-state index in [-0.39, 0.29) is 17.2 Å². The number of halogens is 2. The number of methoxy groups -OCH3 is 1. The molecule has 0 saturated heterocycles. The average Bonchev–Trinajstić information content (AvgIpc) is 2.73. The molecule has 0 unspecified atom stereocenters. The maximum absolute atomic E-state index is 14.8. The second-order valence-electron chi connectivity index (χ2n) is 7.59. The Labute approximate surface area is 197 Å². The fourth-order valence-electron chi connectivity index (χ4n) is 3.37. The monoisotopic (exact) mass is 571 g/mol. The zero-order valence-corrected chi connectivity index (χ0v) is 20.3. The van der Waals surface area contributed by atoms with E-state index in [1.165, 1.54) is 39.5 Å². The van der Waals surface area contributed by atoms with E-state index in [4.69, 9.17) is 10.5 Å². The molecule has 3 aromatic heterocycles. The zero-order chi connectivity index (χ0) is 23.3. The Morgan fingerprint density at radius 2 is 1.94 bits per heavy atom. The van der Waals surface area contributed by atoms with Crippen LogP contribution in [0.3, 0.4) is 0 Å². The number of amidine groups is 1. The van der Waals surface area contributed by atoms with Gasteiger partial charge in [0.05, 0.1) is 30.8 Å². The molecular formula is C19H19FIN7O3S. The maximum atomic E-state index is 14.8.